The molecule has 22 heavy (non-hydrogen) atoms. The molecule has 0 unspecified atom stereocenters. The second kappa shape index (κ2) is 7.46. The highest BCUT2D eigenvalue weighted by molar-refractivity contribution is 6.19. The van der Waals surface area contributed by atoms with Crippen LogP contribution >= 0.6 is 0 Å². The Hall–Kier alpha value is -2.55. The number of para-hydroxylation sites is 1. The number of hydrogen-bond donors (Lipinski definition) is 1. The number of amides is 1. The van der Waals surface area contributed by atoms with Gasteiger partial charge < -0.3 is 10.1 Å². The van der Waals surface area contributed by atoms with Crippen LogP contribution in [0.5, 0.6) is 5.75 Å². The third kappa shape index (κ3) is 3.55. The van der Waals surface area contributed by atoms with Crippen molar-refractivity contribution < 1.29 is 9.53 Å². The summed E-state index contributed by atoms with van der Waals surface area (Å²) in [6, 6.07) is 15.7. The zero-order chi connectivity index (χ0) is 15.9. The highest BCUT2D eigenvalue weighted by atomic mass is 16.5. The van der Waals surface area contributed by atoms with Gasteiger partial charge in [-0.1, -0.05) is 48.5 Å². The summed E-state index contributed by atoms with van der Waals surface area (Å²) in [6.45, 7) is 4.31. The van der Waals surface area contributed by atoms with E-state index in [1.807, 2.05) is 68.5 Å². The van der Waals surface area contributed by atoms with E-state index in [0.717, 1.165) is 22.4 Å². The second-order valence-corrected chi connectivity index (χ2v) is 4.99. The molecule has 3 heteroatoms. The quantitative estimate of drug-likeness (QED) is 0.854. The minimum absolute atomic E-state index is 0.0918. The van der Waals surface area contributed by atoms with Crippen LogP contribution in [0.1, 0.15) is 23.6 Å². The largest absolute Gasteiger partial charge is 0.489 e. The van der Waals surface area contributed by atoms with Crippen molar-refractivity contribution in [1.29, 1.82) is 0 Å². The first-order valence-electron chi connectivity index (χ1n) is 7.32. The number of likely N-dealkylation sites (N-methyl/N-ethyl adjacent to an activating group) is 1. The molecule has 2 aromatic carbocycles. The predicted molar refractivity (Wildman–Crippen MR) is 89.7 cm³/mol. The molecule has 0 spiro atoms. The highest BCUT2D eigenvalue weighted by Crippen LogP contribution is 2.23. The van der Waals surface area contributed by atoms with Gasteiger partial charge in [0.25, 0.3) is 5.91 Å². The molecule has 3 nitrogen and oxygen atoms in total. The third-order valence-electron chi connectivity index (χ3n) is 3.54. The van der Waals surface area contributed by atoms with Crippen molar-refractivity contribution in [3.63, 3.8) is 0 Å². The summed E-state index contributed by atoms with van der Waals surface area (Å²) >= 11 is 0. The summed E-state index contributed by atoms with van der Waals surface area (Å²) < 4.78 is 5.91. The van der Waals surface area contributed by atoms with Crippen molar-refractivity contribution in [2.24, 2.45) is 0 Å². The summed E-state index contributed by atoms with van der Waals surface area (Å²) in [4.78, 5) is 12.0. The van der Waals surface area contributed by atoms with Gasteiger partial charge in [0, 0.05) is 12.6 Å². The molecule has 0 bridgehead atoms. The first-order chi connectivity index (χ1) is 10.7. The number of allylic oxidation sites excluding steroid dienone is 1. The molecular weight excluding hydrogens is 274 g/mol. The number of ether oxygens (including phenoxy) is 1. The Morgan fingerprint density at radius 3 is 2.50 bits per heavy atom. The summed E-state index contributed by atoms with van der Waals surface area (Å²) in [6.07, 6.45) is 1.82. The van der Waals surface area contributed by atoms with Crippen LogP contribution in [-0.2, 0) is 11.4 Å². The molecule has 0 heterocycles. The molecule has 2 rings (SSSR count). The van der Waals surface area contributed by atoms with E-state index in [9.17, 15) is 4.79 Å². The highest BCUT2D eigenvalue weighted by Gasteiger charge is 2.13. The van der Waals surface area contributed by atoms with E-state index in [1.165, 1.54) is 0 Å². The molecule has 0 aromatic heterocycles. The summed E-state index contributed by atoms with van der Waals surface area (Å²) in [5.74, 6) is 0.769. The minimum atomic E-state index is -0.0918. The zero-order valence-corrected chi connectivity index (χ0v) is 13.2. The number of rotatable bonds is 5. The van der Waals surface area contributed by atoms with Gasteiger partial charge in [0.1, 0.15) is 12.4 Å². The van der Waals surface area contributed by atoms with Crippen molar-refractivity contribution in [1.82, 2.24) is 5.32 Å². The maximum Gasteiger partial charge on any atom is 0.251 e. The van der Waals surface area contributed by atoms with Crippen molar-refractivity contribution in [3.05, 3.63) is 71.3 Å². The van der Waals surface area contributed by atoms with Crippen LogP contribution in [-0.4, -0.2) is 13.0 Å². The maximum absolute atomic E-state index is 12.0. The first-order valence-corrected chi connectivity index (χ1v) is 7.32. The molecule has 1 N–H and O–H groups in total. The van der Waals surface area contributed by atoms with Gasteiger partial charge in [-0.05, 0) is 36.6 Å². The standard InChI is InChI=1S/C19H21NO2/c1-4-16(19(21)20-3)17-11-7-6-10-15(17)13-22-18-12-8-5-9-14(18)2/h4-12H,13H2,1-3H3,(H,20,21). The van der Waals surface area contributed by atoms with E-state index >= 15 is 0 Å². The number of benzene rings is 2. The van der Waals surface area contributed by atoms with Gasteiger partial charge in [0.05, 0.1) is 0 Å². The number of carbonyl (C=O) groups is 1. The van der Waals surface area contributed by atoms with Crippen LogP contribution in [0, 0.1) is 6.92 Å². The lowest BCUT2D eigenvalue weighted by atomic mass is 9.99. The Kier molecular flexibility index (Phi) is 5.37. The number of nitrogens with one attached hydrogen (secondary N) is 1. The SMILES string of the molecule is CC=C(C(=O)NC)c1ccccc1COc1ccccc1C. The van der Waals surface area contributed by atoms with Crippen LogP contribution in [0.15, 0.2) is 54.6 Å². The minimum Gasteiger partial charge on any atom is -0.489 e. The summed E-state index contributed by atoms with van der Waals surface area (Å²) in [5, 5.41) is 2.68. The Bertz CT molecular complexity index is 689. The molecular formula is C19H21NO2. The molecule has 2 aromatic rings. The van der Waals surface area contributed by atoms with Crippen LogP contribution in [0.4, 0.5) is 0 Å². The van der Waals surface area contributed by atoms with Gasteiger partial charge in [-0.15, -0.1) is 0 Å². The van der Waals surface area contributed by atoms with E-state index in [4.69, 9.17) is 4.74 Å². The number of carbonyl (C=O) groups excluding carboxylic acids is 1. The number of hydrogen-bond acceptors (Lipinski definition) is 2. The maximum atomic E-state index is 12.0. The molecule has 0 fully saturated rings. The molecule has 0 aliphatic rings. The smallest absolute Gasteiger partial charge is 0.251 e. The Labute approximate surface area is 131 Å². The van der Waals surface area contributed by atoms with Crippen LogP contribution in [0.2, 0.25) is 0 Å². The molecule has 0 saturated heterocycles. The van der Waals surface area contributed by atoms with Gasteiger partial charge in [0.15, 0.2) is 0 Å². The first kappa shape index (κ1) is 15.8. The lowest BCUT2D eigenvalue weighted by Gasteiger charge is -2.14. The van der Waals surface area contributed by atoms with E-state index < -0.39 is 0 Å². The molecule has 0 aliphatic heterocycles. The predicted octanol–water partition coefficient (Wildman–Crippen LogP) is 3.72. The molecule has 0 saturated carbocycles. The van der Waals surface area contributed by atoms with Crippen molar-refractivity contribution in [2.45, 2.75) is 20.5 Å². The van der Waals surface area contributed by atoms with Crippen LogP contribution in [0.3, 0.4) is 0 Å². The van der Waals surface area contributed by atoms with E-state index in [0.29, 0.717) is 12.2 Å². The van der Waals surface area contributed by atoms with Gasteiger partial charge in [-0.3, -0.25) is 4.79 Å². The van der Waals surface area contributed by atoms with Crippen molar-refractivity contribution in [3.8, 4) is 5.75 Å². The summed E-state index contributed by atoms with van der Waals surface area (Å²) in [5.41, 5.74) is 3.64. The topological polar surface area (TPSA) is 38.3 Å². The van der Waals surface area contributed by atoms with Gasteiger partial charge >= 0.3 is 0 Å². The fourth-order valence-corrected chi connectivity index (χ4v) is 2.33. The Balaban J connectivity index is 2.26. The van der Waals surface area contributed by atoms with Crippen molar-refractivity contribution >= 4 is 11.5 Å². The van der Waals surface area contributed by atoms with Gasteiger partial charge in [-0.2, -0.15) is 0 Å². The fraction of sp³-hybridized carbons (Fsp3) is 0.211. The van der Waals surface area contributed by atoms with Crippen LogP contribution < -0.4 is 10.1 Å². The normalized spacial score (nSPS) is 11.1. The lowest BCUT2D eigenvalue weighted by Crippen LogP contribution is -2.20. The molecule has 114 valence electrons. The fourth-order valence-electron chi connectivity index (χ4n) is 2.33. The molecule has 1 amide bonds. The Morgan fingerprint density at radius 2 is 1.82 bits per heavy atom. The molecule has 0 radical (unpaired) electrons. The third-order valence-corrected chi connectivity index (χ3v) is 3.54. The molecule has 0 aliphatic carbocycles. The summed E-state index contributed by atoms with van der Waals surface area (Å²) in [7, 11) is 1.64. The average Bonchev–Trinajstić information content (AvgIpc) is 2.55. The average molecular weight is 295 g/mol. The Morgan fingerprint density at radius 1 is 1.14 bits per heavy atom. The van der Waals surface area contributed by atoms with E-state index in [-0.39, 0.29) is 5.91 Å². The van der Waals surface area contributed by atoms with Crippen LogP contribution in [0.25, 0.3) is 5.57 Å². The second-order valence-electron chi connectivity index (χ2n) is 4.99. The van der Waals surface area contributed by atoms with E-state index in [1.54, 1.807) is 7.05 Å². The number of aryl methyl sites for hydroxylation is 1. The van der Waals surface area contributed by atoms with E-state index in [2.05, 4.69) is 5.32 Å². The van der Waals surface area contributed by atoms with Crippen molar-refractivity contribution in [2.75, 3.05) is 7.05 Å². The molecule has 0 atom stereocenters. The lowest BCUT2D eigenvalue weighted by molar-refractivity contribution is -0.115. The van der Waals surface area contributed by atoms with Gasteiger partial charge in [-0.25, -0.2) is 0 Å². The monoisotopic (exact) mass is 295 g/mol. The zero-order valence-electron chi connectivity index (χ0n) is 13.2. The van der Waals surface area contributed by atoms with Gasteiger partial charge in [0.2, 0.25) is 0 Å².